The molecule has 0 bridgehead atoms. The zero-order valence-corrected chi connectivity index (χ0v) is 18.3. The fraction of sp³-hybridized carbons (Fsp3) is 0.556. The van der Waals surface area contributed by atoms with Gasteiger partial charge >= 0.3 is 0 Å². The molecule has 138 valence electrons. The lowest BCUT2D eigenvalue weighted by Gasteiger charge is -2.36. The first kappa shape index (κ1) is 20.4. The maximum absolute atomic E-state index is 4.49. The molecule has 1 atom stereocenters. The topological polar surface area (TPSA) is 56.3 Å². The number of aromatic nitrogens is 2. The number of rotatable bonds is 4. The summed E-state index contributed by atoms with van der Waals surface area (Å²) in [5, 5.41) is 5.44. The third kappa shape index (κ3) is 5.03. The van der Waals surface area contributed by atoms with Crippen molar-refractivity contribution in [2.24, 2.45) is 10.9 Å². The molecular formula is C18H28IN5S. The molecule has 25 heavy (non-hydrogen) atoms. The average molecular weight is 473 g/mol. The molecule has 0 aromatic carbocycles. The van der Waals surface area contributed by atoms with Crippen LogP contribution in [0.1, 0.15) is 19.4 Å². The van der Waals surface area contributed by atoms with E-state index >= 15 is 0 Å². The van der Waals surface area contributed by atoms with E-state index in [2.05, 4.69) is 63.0 Å². The van der Waals surface area contributed by atoms with Crippen molar-refractivity contribution in [3.8, 4) is 0 Å². The number of H-pyrrole nitrogens is 1. The third-order valence-electron chi connectivity index (χ3n) is 4.56. The molecule has 0 amide bonds. The van der Waals surface area contributed by atoms with Crippen molar-refractivity contribution in [1.29, 1.82) is 0 Å². The quantitative estimate of drug-likeness (QED) is 0.406. The van der Waals surface area contributed by atoms with Crippen molar-refractivity contribution in [2.75, 3.05) is 32.4 Å². The molecule has 1 saturated heterocycles. The van der Waals surface area contributed by atoms with Gasteiger partial charge in [0.1, 0.15) is 5.65 Å². The van der Waals surface area contributed by atoms with Crippen LogP contribution in [0.2, 0.25) is 0 Å². The van der Waals surface area contributed by atoms with E-state index < -0.39 is 0 Å². The van der Waals surface area contributed by atoms with Gasteiger partial charge in [0, 0.05) is 55.5 Å². The summed E-state index contributed by atoms with van der Waals surface area (Å²) in [7, 11) is 1.88. The smallest absolute Gasteiger partial charge is 0.193 e. The van der Waals surface area contributed by atoms with E-state index in [-0.39, 0.29) is 24.0 Å². The first-order valence-electron chi connectivity index (χ1n) is 8.67. The third-order valence-corrected chi connectivity index (χ3v) is 6.10. The number of nitrogens with zero attached hydrogens (tertiary/aromatic N) is 3. The summed E-state index contributed by atoms with van der Waals surface area (Å²) < 4.78 is 0. The highest BCUT2D eigenvalue weighted by atomic mass is 127. The molecule has 2 aromatic rings. The van der Waals surface area contributed by atoms with Crippen molar-refractivity contribution in [3.05, 3.63) is 30.1 Å². The largest absolute Gasteiger partial charge is 0.356 e. The fourth-order valence-electron chi connectivity index (χ4n) is 3.13. The molecule has 2 N–H and O–H groups in total. The van der Waals surface area contributed by atoms with E-state index in [0.717, 1.165) is 37.7 Å². The van der Waals surface area contributed by atoms with Gasteiger partial charge in [-0.05, 0) is 30.0 Å². The molecule has 1 aliphatic rings. The number of thioether (sulfide) groups is 1. The Morgan fingerprint density at radius 1 is 1.52 bits per heavy atom. The van der Waals surface area contributed by atoms with Crippen molar-refractivity contribution < 1.29 is 0 Å². The lowest BCUT2D eigenvalue weighted by Crippen LogP contribution is -2.49. The van der Waals surface area contributed by atoms with Gasteiger partial charge in [-0.25, -0.2) is 4.98 Å². The van der Waals surface area contributed by atoms with Crippen LogP contribution < -0.4 is 5.32 Å². The van der Waals surface area contributed by atoms with Gasteiger partial charge in [-0.3, -0.25) is 4.99 Å². The number of nitrogens with one attached hydrogen (secondary N) is 2. The summed E-state index contributed by atoms with van der Waals surface area (Å²) in [5.41, 5.74) is 2.26. The summed E-state index contributed by atoms with van der Waals surface area (Å²) in [4.78, 5) is 14.5. The van der Waals surface area contributed by atoms with Gasteiger partial charge in [-0.1, -0.05) is 13.8 Å². The molecule has 0 saturated carbocycles. The fourth-order valence-corrected chi connectivity index (χ4v) is 4.43. The molecule has 3 rings (SSSR count). The van der Waals surface area contributed by atoms with Crippen LogP contribution in [0, 0.1) is 5.92 Å². The van der Waals surface area contributed by atoms with Crippen molar-refractivity contribution in [3.63, 3.8) is 0 Å². The number of pyridine rings is 1. The van der Waals surface area contributed by atoms with Crippen LogP contribution in [0.3, 0.4) is 0 Å². The summed E-state index contributed by atoms with van der Waals surface area (Å²) in [6.45, 7) is 7.65. The van der Waals surface area contributed by atoms with Crippen LogP contribution in [0.5, 0.6) is 0 Å². The second-order valence-corrected chi connectivity index (χ2v) is 7.88. The van der Waals surface area contributed by atoms with Crippen LogP contribution in [0.15, 0.2) is 29.5 Å². The lowest BCUT2D eigenvalue weighted by molar-refractivity contribution is 0.381. The lowest BCUT2D eigenvalue weighted by atomic mass is 10.1. The normalized spacial score (nSPS) is 18.5. The van der Waals surface area contributed by atoms with E-state index in [1.807, 2.05) is 19.3 Å². The average Bonchev–Trinajstić information content (AvgIpc) is 3.02. The molecule has 0 spiro atoms. The van der Waals surface area contributed by atoms with E-state index in [1.54, 1.807) is 0 Å². The Balaban J connectivity index is 0.00000225. The van der Waals surface area contributed by atoms with Crippen molar-refractivity contribution in [1.82, 2.24) is 20.2 Å². The van der Waals surface area contributed by atoms with Crippen LogP contribution >= 0.6 is 35.7 Å². The summed E-state index contributed by atoms with van der Waals surface area (Å²) in [5.74, 6) is 2.91. The summed E-state index contributed by atoms with van der Waals surface area (Å²) >= 11 is 2.09. The van der Waals surface area contributed by atoms with E-state index in [9.17, 15) is 0 Å². The Morgan fingerprint density at radius 2 is 2.36 bits per heavy atom. The van der Waals surface area contributed by atoms with Gasteiger partial charge in [-0.15, -0.1) is 24.0 Å². The second kappa shape index (κ2) is 9.66. The van der Waals surface area contributed by atoms with Gasteiger partial charge in [-0.2, -0.15) is 11.8 Å². The van der Waals surface area contributed by atoms with Gasteiger partial charge in [0.15, 0.2) is 5.96 Å². The Labute approximate surface area is 171 Å². The van der Waals surface area contributed by atoms with Gasteiger partial charge in [0.25, 0.3) is 0 Å². The Morgan fingerprint density at radius 3 is 3.12 bits per heavy atom. The molecule has 1 aliphatic heterocycles. The minimum Gasteiger partial charge on any atom is -0.356 e. The summed E-state index contributed by atoms with van der Waals surface area (Å²) in [6, 6.07) is 4.11. The zero-order chi connectivity index (χ0) is 16.9. The Bertz CT molecular complexity index is 700. The zero-order valence-electron chi connectivity index (χ0n) is 15.2. The highest BCUT2D eigenvalue weighted by Crippen LogP contribution is 2.24. The standard InChI is InChI=1S/C18H27N5S.HI/c1-13(2)16-12-23(9-10-24-16)18(19-3)21-8-6-14-11-22-17-15(14)5-4-7-20-17;/h4-5,7,11,13,16H,6,8-10,12H2,1-3H3,(H,19,21)(H,20,22);1H. The molecular weight excluding hydrogens is 445 g/mol. The van der Waals surface area contributed by atoms with Gasteiger partial charge in [0.05, 0.1) is 0 Å². The Hall–Kier alpha value is -0.960. The molecule has 0 aliphatic carbocycles. The molecule has 1 unspecified atom stereocenters. The van der Waals surface area contributed by atoms with Crippen LogP contribution in [-0.4, -0.2) is 58.5 Å². The van der Waals surface area contributed by atoms with E-state index in [4.69, 9.17) is 0 Å². The molecule has 3 heterocycles. The first-order chi connectivity index (χ1) is 11.7. The van der Waals surface area contributed by atoms with Crippen LogP contribution in [0.25, 0.3) is 11.0 Å². The monoisotopic (exact) mass is 473 g/mol. The van der Waals surface area contributed by atoms with Crippen LogP contribution in [-0.2, 0) is 6.42 Å². The number of aromatic amines is 1. The number of fused-ring (bicyclic) bond motifs is 1. The van der Waals surface area contributed by atoms with Crippen molar-refractivity contribution >= 4 is 52.7 Å². The minimum absolute atomic E-state index is 0. The number of halogens is 1. The minimum atomic E-state index is 0. The highest BCUT2D eigenvalue weighted by Gasteiger charge is 2.24. The van der Waals surface area contributed by atoms with E-state index in [0.29, 0.717) is 11.2 Å². The predicted octanol–water partition coefficient (Wildman–Crippen LogP) is 3.37. The number of guanidine groups is 1. The Kier molecular flexibility index (Phi) is 7.86. The van der Waals surface area contributed by atoms with E-state index in [1.165, 1.54) is 16.7 Å². The first-order valence-corrected chi connectivity index (χ1v) is 9.72. The number of hydrogen-bond donors (Lipinski definition) is 2. The highest BCUT2D eigenvalue weighted by molar-refractivity contribution is 14.0. The van der Waals surface area contributed by atoms with Gasteiger partial charge < -0.3 is 15.2 Å². The molecule has 2 aromatic heterocycles. The summed E-state index contributed by atoms with van der Waals surface area (Å²) in [6.07, 6.45) is 4.84. The number of aliphatic imine (C=N–C) groups is 1. The van der Waals surface area contributed by atoms with Crippen molar-refractivity contribution in [2.45, 2.75) is 25.5 Å². The molecule has 5 nitrogen and oxygen atoms in total. The second-order valence-electron chi connectivity index (χ2n) is 6.54. The van der Waals surface area contributed by atoms with Gasteiger partial charge in [0.2, 0.25) is 0 Å². The molecule has 1 fully saturated rings. The van der Waals surface area contributed by atoms with Crippen LogP contribution in [0.4, 0.5) is 0 Å². The maximum Gasteiger partial charge on any atom is 0.193 e. The molecule has 7 heteroatoms. The molecule has 0 radical (unpaired) electrons. The number of hydrogen-bond acceptors (Lipinski definition) is 3. The SMILES string of the molecule is CN=C(NCCc1c[nH]c2ncccc12)N1CCSC(C(C)C)C1.I. The predicted molar refractivity (Wildman–Crippen MR) is 119 cm³/mol. The maximum atomic E-state index is 4.49.